The van der Waals surface area contributed by atoms with Gasteiger partial charge in [-0.2, -0.15) is 11.8 Å². The first-order valence-corrected chi connectivity index (χ1v) is 9.34. The van der Waals surface area contributed by atoms with Gasteiger partial charge in [-0.1, -0.05) is 25.3 Å². The molecule has 116 valence electrons. The zero-order valence-corrected chi connectivity index (χ0v) is 14.7. The van der Waals surface area contributed by atoms with Crippen LogP contribution in [0.2, 0.25) is 0 Å². The van der Waals surface area contributed by atoms with Crippen molar-refractivity contribution in [1.29, 1.82) is 0 Å². The van der Waals surface area contributed by atoms with Gasteiger partial charge >= 0.3 is 0 Å². The SMILES string of the molecule is Cc1ccc(NC(=S)NCCSC2CCCCC2)cc1C. The van der Waals surface area contributed by atoms with Crippen molar-refractivity contribution in [1.82, 2.24) is 5.32 Å². The summed E-state index contributed by atoms with van der Waals surface area (Å²) in [4.78, 5) is 0. The number of nitrogens with one attached hydrogen (secondary N) is 2. The van der Waals surface area contributed by atoms with Gasteiger partial charge in [0.2, 0.25) is 0 Å². The smallest absolute Gasteiger partial charge is 0.170 e. The molecule has 0 radical (unpaired) electrons. The van der Waals surface area contributed by atoms with E-state index < -0.39 is 0 Å². The summed E-state index contributed by atoms with van der Waals surface area (Å²) in [6, 6.07) is 6.34. The predicted molar refractivity (Wildman–Crippen MR) is 99.5 cm³/mol. The number of anilines is 1. The molecule has 1 saturated carbocycles. The molecule has 21 heavy (non-hydrogen) atoms. The maximum absolute atomic E-state index is 5.35. The topological polar surface area (TPSA) is 24.1 Å². The molecule has 2 rings (SSSR count). The fourth-order valence-corrected chi connectivity index (χ4v) is 4.06. The molecule has 0 aromatic heterocycles. The summed E-state index contributed by atoms with van der Waals surface area (Å²) in [6.07, 6.45) is 7.06. The third-order valence-electron chi connectivity index (χ3n) is 4.06. The van der Waals surface area contributed by atoms with Crippen molar-refractivity contribution in [2.75, 3.05) is 17.6 Å². The van der Waals surface area contributed by atoms with E-state index in [0.717, 1.165) is 28.3 Å². The zero-order chi connectivity index (χ0) is 15.1. The Kier molecular flexibility index (Phi) is 6.84. The van der Waals surface area contributed by atoms with Crippen LogP contribution in [0.3, 0.4) is 0 Å². The fourth-order valence-electron chi connectivity index (χ4n) is 2.62. The Morgan fingerprint density at radius 1 is 1.19 bits per heavy atom. The minimum Gasteiger partial charge on any atom is -0.362 e. The Labute approximate surface area is 138 Å². The lowest BCUT2D eigenvalue weighted by Gasteiger charge is -2.21. The zero-order valence-electron chi connectivity index (χ0n) is 13.1. The normalized spacial score (nSPS) is 15.7. The molecular formula is C17H26N2S2. The molecule has 0 heterocycles. The van der Waals surface area contributed by atoms with Crippen molar-refractivity contribution < 1.29 is 0 Å². The summed E-state index contributed by atoms with van der Waals surface area (Å²) >= 11 is 7.45. The van der Waals surface area contributed by atoms with Gasteiger partial charge in [-0.3, -0.25) is 0 Å². The van der Waals surface area contributed by atoms with E-state index in [0.29, 0.717) is 0 Å². The van der Waals surface area contributed by atoms with E-state index >= 15 is 0 Å². The standard InChI is InChI=1S/C17H26N2S2/c1-13-8-9-15(12-14(13)2)19-17(20)18-10-11-21-16-6-4-3-5-7-16/h8-9,12,16H,3-7,10-11H2,1-2H3,(H2,18,19,20). The van der Waals surface area contributed by atoms with Crippen LogP contribution in [0, 0.1) is 13.8 Å². The molecule has 0 amide bonds. The van der Waals surface area contributed by atoms with Crippen LogP contribution in [0.15, 0.2) is 18.2 Å². The van der Waals surface area contributed by atoms with Gasteiger partial charge in [-0.15, -0.1) is 0 Å². The van der Waals surface area contributed by atoms with Crippen LogP contribution in [0.1, 0.15) is 43.2 Å². The third kappa shape index (κ3) is 5.87. The van der Waals surface area contributed by atoms with Gasteiger partial charge in [-0.25, -0.2) is 0 Å². The van der Waals surface area contributed by atoms with Crippen molar-refractivity contribution in [2.24, 2.45) is 0 Å². The molecule has 0 saturated heterocycles. The van der Waals surface area contributed by atoms with Gasteiger partial charge in [-0.05, 0) is 62.2 Å². The Hall–Kier alpha value is -0.740. The van der Waals surface area contributed by atoms with Crippen LogP contribution in [-0.4, -0.2) is 22.7 Å². The van der Waals surface area contributed by atoms with Gasteiger partial charge < -0.3 is 10.6 Å². The first-order chi connectivity index (χ1) is 10.1. The lowest BCUT2D eigenvalue weighted by Crippen LogP contribution is -2.30. The molecule has 1 aliphatic rings. The quantitative estimate of drug-likeness (QED) is 0.608. The van der Waals surface area contributed by atoms with E-state index in [4.69, 9.17) is 12.2 Å². The molecule has 0 spiro atoms. The third-order valence-corrected chi connectivity index (χ3v) is 5.69. The van der Waals surface area contributed by atoms with Gasteiger partial charge in [0.1, 0.15) is 0 Å². The maximum Gasteiger partial charge on any atom is 0.170 e. The molecule has 1 aliphatic carbocycles. The Bertz CT molecular complexity index is 468. The van der Waals surface area contributed by atoms with Crippen molar-refractivity contribution >= 4 is 34.8 Å². The Morgan fingerprint density at radius 3 is 2.67 bits per heavy atom. The molecule has 0 unspecified atom stereocenters. The largest absolute Gasteiger partial charge is 0.362 e. The van der Waals surface area contributed by atoms with E-state index in [1.165, 1.54) is 43.2 Å². The van der Waals surface area contributed by atoms with Crippen LogP contribution in [0.25, 0.3) is 0 Å². The highest BCUT2D eigenvalue weighted by Crippen LogP contribution is 2.27. The molecule has 1 aromatic rings. The number of hydrogen-bond donors (Lipinski definition) is 2. The van der Waals surface area contributed by atoms with Crippen molar-refractivity contribution in [2.45, 2.75) is 51.2 Å². The van der Waals surface area contributed by atoms with E-state index in [1.54, 1.807) is 0 Å². The van der Waals surface area contributed by atoms with E-state index in [1.807, 2.05) is 0 Å². The number of thioether (sulfide) groups is 1. The van der Waals surface area contributed by atoms with E-state index in [9.17, 15) is 0 Å². The summed E-state index contributed by atoms with van der Waals surface area (Å²) in [5.41, 5.74) is 3.66. The second kappa shape index (κ2) is 8.64. The molecule has 4 heteroatoms. The maximum atomic E-state index is 5.35. The molecule has 0 aliphatic heterocycles. The lowest BCUT2D eigenvalue weighted by atomic mass is 10.0. The van der Waals surface area contributed by atoms with Gasteiger partial charge in [0.25, 0.3) is 0 Å². The Morgan fingerprint density at radius 2 is 1.95 bits per heavy atom. The minimum atomic E-state index is 0.725. The fraction of sp³-hybridized carbons (Fsp3) is 0.588. The van der Waals surface area contributed by atoms with Crippen molar-refractivity contribution in [3.63, 3.8) is 0 Å². The predicted octanol–water partition coefficient (Wildman–Crippen LogP) is 4.66. The molecule has 0 bridgehead atoms. The number of hydrogen-bond acceptors (Lipinski definition) is 2. The lowest BCUT2D eigenvalue weighted by molar-refractivity contribution is 0.516. The summed E-state index contributed by atoms with van der Waals surface area (Å²) in [5.74, 6) is 1.14. The molecule has 1 fully saturated rings. The van der Waals surface area contributed by atoms with Gasteiger partial charge in [0, 0.05) is 23.2 Å². The van der Waals surface area contributed by atoms with Crippen LogP contribution in [-0.2, 0) is 0 Å². The summed E-state index contributed by atoms with van der Waals surface area (Å²) in [6.45, 7) is 5.19. The van der Waals surface area contributed by atoms with Crippen LogP contribution in [0.4, 0.5) is 5.69 Å². The van der Waals surface area contributed by atoms with Crippen LogP contribution >= 0.6 is 24.0 Å². The highest BCUT2D eigenvalue weighted by Gasteiger charge is 2.12. The molecule has 2 N–H and O–H groups in total. The van der Waals surface area contributed by atoms with E-state index in [2.05, 4.69) is 54.4 Å². The van der Waals surface area contributed by atoms with Crippen molar-refractivity contribution in [3.05, 3.63) is 29.3 Å². The van der Waals surface area contributed by atoms with Gasteiger partial charge in [0.05, 0.1) is 0 Å². The van der Waals surface area contributed by atoms with Crippen LogP contribution in [0.5, 0.6) is 0 Å². The highest BCUT2D eigenvalue weighted by atomic mass is 32.2. The monoisotopic (exact) mass is 322 g/mol. The molecule has 0 atom stereocenters. The molecular weight excluding hydrogens is 296 g/mol. The molecule has 1 aromatic carbocycles. The van der Waals surface area contributed by atoms with Gasteiger partial charge in [0.15, 0.2) is 5.11 Å². The molecule has 2 nitrogen and oxygen atoms in total. The average Bonchev–Trinajstić information content (AvgIpc) is 2.49. The Balaban J connectivity index is 1.63. The number of rotatable bonds is 5. The highest BCUT2D eigenvalue weighted by molar-refractivity contribution is 7.99. The summed E-state index contributed by atoms with van der Waals surface area (Å²) < 4.78 is 0. The number of thiocarbonyl (C=S) groups is 1. The second-order valence-corrected chi connectivity index (χ2v) is 7.63. The minimum absolute atomic E-state index is 0.725. The summed E-state index contributed by atoms with van der Waals surface area (Å²) in [7, 11) is 0. The average molecular weight is 323 g/mol. The van der Waals surface area contributed by atoms with E-state index in [-0.39, 0.29) is 0 Å². The van der Waals surface area contributed by atoms with Crippen molar-refractivity contribution in [3.8, 4) is 0 Å². The first-order valence-electron chi connectivity index (χ1n) is 7.89. The second-order valence-electron chi connectivity index (χ2n) is 5.81. The number of benzene rings is 1. The summed E-state index contributed by atoms with van der Waals surface area (Å²) in [5, 5.41) is 8.16. The van der Waals surface area contributed by atoms with Crippen LogP contribution < -0.4 is 10.6 Å². The first kappa shape index (κ1) is 16.6. The number of aryl methyl sites for hydroxylation is 2.